The maximum atomic E-state index is 11.6. The lowest BCUT2D eigenvalue weighted by atomic mass is 10.2. The molecule has 3 amide bonds. The predicted octanol–water partition coefficient (Wildman–Crippen LogP) is 0.261. The van der Waals surface area contributed by atoms with E-state index in [0.29, 0.717) is 5.75 Å². The summed E-state index contributed by atoms with van der Waals surface area (Å²) < 4.78 is 5.01. The van der Waals surface area contributed by atoms with E-state index in [4.69, 9.17) is 9.84 Å². The number of amides is 3. The normalized spacial score (nSPS) is 9.50. The van der Waals surface area contributed by atoms with E-state index < -0.39 is 12.0 Å². The molecule has 108 valence electrons. The second-order valence-corrected chi connectivity index (χ2v) is 3.70. The van der Waals surface area contributed by atoms with Gasteiger partial charge in [-0.1, -0.05) is 0 Å². The van der Waals surface area contributed by atoms with Gasteiger partial charge in [0.15, 0.2) is 0 Å². The van der Waals surface area contributed by atoms with Crippen LogP contribution in [0.4, 0.5) is 10.5 Å². The number of carboxylic acid groups (broad SMARTS) is 1. The number of carbonyl (C=O) groups excluding carboxylic acids is 2. The average molecular weight is 281 g/mol. The first-order valence-corrected chi connectivity index (χ1v) is 5.64. The first-order chi connectivity index (χ1) is 9.47. The predicted molar refractivity (Wildman–Crippen MR) is 71.0 cm³/mol. The van der Waals surface area contributed by atoms with E-state index >= 15 is 0 Å². The zero-order chi connectivity index (χ0) is 15.1. The number of aromatic carboxylic acids is 1. The minimum absolute atomic E-state index is 0.00685. The molecule has 0 saturated carbocycles. The van der Waals surface area contributed by atoms with E-state index in [0.717, 1.165) is 0 Å². The fourth-order valence-corrected chi connectivity index (χ4v) is 1.35. The van der Waals surface area contributed by atoms with Gasteiger partial charge in [-0.2, -0.15) is 0 Å². The van der Waals surface area contributed by atoms with Crippen LogP contribution >= 0.6 is 0 Å². The third-order valence-electron chi connectivity index (χ3n) is 2.38. The van der Waals surface area contributed by atoms with E-state index in [9.17, 15) is 14.4 Å². The Bertz CT molecular complexity index is 530. The van der Waals surface area contributed by atoms with Crippen molar-refractivity contribution in [2.45, 2.75) is 0 Å². The SMILES string of the molecule is CNC(=O)CNC(=O)Nc1cc(C(=O)O)ccc1OC. The number of rotatable bonds is 5. The molecule has 1 rings (SSSR count). The first-order valence-electron chi connectivity index (χ1n) is 5.64. The number of nitrogens with one attached hydrogen (secondary N) is 3. The monoisotopic (exact) mass is 281 g/mol. The van der Waals surface area contributed by atoms with Gasteiger partial charge < -0.3 is 25.8 Å². The molecule has 20 heavy (non-hydrogen) atoms. The summed E-state index contributed by atoms with van der Waals surface area (Å²) in [5, 5.41) is 16.0. The highest BCUT2D eigenvalue weighted by atomic mass is 16.5. The van der Waals surface area contributed by atoms with Gasteiger partial charge in [0.25, 0.3) is 0 Å². The second kappa shape index (κ2) is 6.98. The van der Waals surface area contributed by atoms with Gasteiger partial charge in [-0.3, -0.25) is 4.79 Å². The lowest BCUT2D eigenvalue weighted by Gasteiger charge is -2.11. The summed E-state index contributed by atoms with van der Waals surface area (Å²) >= 11 is 0. The molecule has 0 unspecified atom stereocenters. The molecule has 8 nitrogen and oxygen atoms in total. The fourth-order valence-electron chi connectivity index (χ4n) is 1.35. The van der Waals surface area contributed by atoms with Crippen LogP contribution in [-0.2, 0) is 4.79 Å². The van der Waals surface area contributed by atoms with Gasteiger partial charge in [0, 0.05) is 7.05 Å². The number of ether oxygens (including phenoxy) is 1. The zero-order valence-corrected chi connectivity index (χ0v) is 11.0. The van der Waals surface area contributed by atoms with Gasteiger partial charge in [0.1, 0.15) is 5.75 Å². The smallest absolute Gasteiger partial charge is 0.335 e. The van der Waals surface area contributed by atoms with E-state index in [1.807, 2.05) is 0 Å². The Morgan fingerprint density at radius 2 is 2.00 bits per heavy atom. The molecular weight excluding hydrogens is 266 g/mol. The van der Waals surface area contributed by atoms with Crippen LogP contribution in [0.3, 0.4) is 0 Å². The molecule has 1 aromatic rings. The molecule has 4 N–H and O–H groups in total. The van der Waals surface area contributed by atoms with E-state index in [2.05, 4.69) is 16.0 Å². The van der Waals surface area contributed by atoms with E-state index in [1.54, 1.807) is 0 Å². The summed E-state index contributed by atoms with van der Waals surface area (Å²) in [6.45, 7) is -0.191. The van der Waals surface area contributed by atoms with Crippen molar-refractivity contribution < 1.29 is 24.2 Å². The molecule has 0 aliphatic carbocycles. The number of likely N-dealkylation sites (N-methyl/N-ethyl adjacent to an activating group) is 1. The van der Waals surface area contributed by atoms with Crippen molar-refractivity contribution in [2.24, 2.45) is 0 Å². The van der Waals surface area contributed by atoms with Crippen LogP contribution in [-0.4, -0.2) is 43.7 Å². The summed E-state index contributed by atoms with van der Waals surface area (Å²) in [5.74, 6) is -1.17. The lowest BCUT2D eigenvalue weighted by molar-refractivity contribution is -0.119. The van der Waals surface area contributed by atoms with Crippen LogP contribution in [0.25, 0.3) is 0 Å². The molecule has 8 heteroatoms. The van der Waals surface area contributed by atoms with Crippen molar-refractivity contribution in [1.82, 2.24) is 10.6 Å². The second-order valence-electron chi connectivity index (χ2n) is 3.70. The topological polar surface area (TPSA) is 117 Å². The molecule has 0 fully saturated rings. The molecule has 0 aliphatic heterocycles. The van der Waals surface area contributed by atoms with Crippen LogP contribution in [0.2, 0.25) is 0 Å². The summed E-state index contributed by atoms with van der Waals surface area (Å²) in [7, 11) is 2.84. The number of carbonyl (C=O) groups is 3. The molecule has 0 bridgehead atoms. The standard InChI is InChI=1S/C12H15N3O5/c1-13-10(16)6-14-12(19)15-8-5-7(11(17)18)3-4-9(8)20-2/h3-5H,6H2,1-2H3,(H,13,16)(H,17,18)(H2,14,15,19). The molecular formula is C12H15N3O5. The number of hydrogen-bond acceptors (Lipinski definition) is 4. The maximum absolute atomic E-state index is 11.6. The highest BCUT2D eigenvalue weighted by Gasteiger charge is 2.12. The summed E-state index contributed by atoms with van der Waals surface area (Å²) in [5.41, 5.74) is 0.203. The van der Waals surface area contributed by atoms with Crippen molar-refractivity contribution >= 4 is 23.6 Å². The van der Waals surface area contributed by atoms with Crippen LogP contribution in [0.5, 0.6) is 5.75 Å². The Labute approximate surface area is 115 Å². The van der Waals surface area contributed by atoms with Crippen LogP contribution < -0.4 is 20.7 Å². The Hall–Kier alpha value is -2.77. The molecule has 0 atom stereocenters. The van der Waals surface area contributed by atoms with Gasteiger partial charge in [0.2, 0.25) is 5.91 Å². The first kappa shape index (κ1) is 15.3. The molecule has 0 heterocycles. The Balaban J connectivity index is 2.79. The highest BCUT2D eigenvalue weighted by molar-refractivity contribution is 5.96. The third-order valence-corrected chi connectivity index (χ3v) is 2.38. The zero-order valence-electron chi connectivity index (χ0n) is 11.0. The molecule has 0 aliphatic rings. The van der Waals surface area contributed by atoms with Crippen molar-refractivity contribution in [1.29, 1.82) is 0 Å². The van der Waals surface area contributed by atoms with Crippen LogP contribution in [0.1, 0.15) is 10.4 Å². The number of urea groups is 1. The quantitative estimate of drug-likeness (QED) is 0.617. The van der Waals surface area contributed by atoms with Gasteiger partial charge in [-0.05, 0) is 18.2 Å². The molecule has 0 radical (unpaired) electrons. The van der Waals surface area contributed by atoms with E-state index in [1.165, 1.54) is 32.4 Å². The Kier molecular flexibility index (Phi) is 5.33. The van der Waals surface area contributed by atoms with Crippen molar-refractivity contribution in [3.05, 3.63) is 23.8 Å². The van der Waals surface area contributed by atoms with Gasteiger partial charge in [-0.25, -0.2) is 9.59 Å². The lowest BCUT2D eigenvalue weighted by Crippen LogP contribution is -2.37. The number of hydrogen-bond donors (Lipinski definition) is 4. The number of anilines is 1. The minimum atomic E-state index is -1.12. The minimum Gasteiger partial charge on any atom is -0.495 e. The third kappa shape index (κ3) is 4.16. The van der Waals surface area contributed by atoms with E-state index in [-0.39, 0.29) is 23.7 Å². The highest BCUT2D eigenvalue weighted by Crippen LogP contribution is 2.25. The van der Waals surface area contributed by atoms with Crippen molar-refractivity contribution in [3.63, 3.8) is 0 Å². The summed E-state index contributed by atoms with van der Waals surface area (Å²) in [4.78, 5) is 33.4. The number of methoxy groups -OCH3 is 1. The maximum Gasteiger partial charge on any atom is 0.335 e. The van der Waals surface area contributed by atoms with Gasteiger partial charge in [-0.15, -0.1) is 0 Å². The molecule has 0 aromatic heterocycles. The largest absolute Gasteiger partial charge is 0.495 e. The van der Waals surface area contributed by atoms with Crippen LogP contribution in [0.15, 0.2) is 18.2 Å². The molecule has 1 aromatic carbocycles. The average Bonchev–Trinajstić information content (AvgIpc) is 2.44. The Morgan fingerprint density at radius 1 is 1.30 bits per heavy atom. The van der Waals surface area contributed by atoms with Crippen molar-refractivity contribution in [3.8, 4) is 5.75 Å². The fraction of sp³-hybridized carbons (Fsp3) is 0.250. The van der Waals surface area contributed by atoms with Crippen molar-refractivity contribution in [2.75, 3.05) is 26.0 Å². The van der Waals surface area contributed by atoms with Gasteiger partial charge >= 0.3 is 12.0 Å². The van der Waals surface area contributed by atoms with Gasteiger partial charge in [0.05, 0.1) is 24.9 Å². The molecule has 0 spiro atoms. The summed E-state index contributed by atoms with van der Waals surface area (Å²) in [6, 6.07) is 3.40. The summed E-state index contributed by atoms with van der Waals surface area (Å²) in [6.07, 6.45) is 0. The van der Waals surface area contributed by atoms with Crippen LogP contribution in [0, 0.1) is 0 Å². The number of carboxylic acids is 1. The molecule has 0 saturated heterocycles. The number of benzene rings is 1. The Morgan fingerprint density at radius 3 is 2.55 bits per heavy atom.